The van der Waals surface area contributed by atoms with E-state index in [1.807, 2.05) is 47.5 Å². The lowest BCUT2D eigenvalue weighted by Crippen LogP contribution is -2.39. The molecule has 2 aromatic heterocycles. The van der Waals surface area contributed by atoms with E-state index in [4.69, 9.17) is 4.74 Å². The molecule has 0 spiro atoms. The maximum atomic E-state index is 13.0. The fourth-order valence-electron chi connectivity index (χ4n) is 4.60. The van der Waals surface area contributed by atoms with Gasteiger partial charge < -0.3 is 14.6 Å². The maximum absolute atomic E-state index is 13.0. The Labute approximate surface area is 193 Å². The molecule has 0 radical (unpaired) electrons. The summed E-state index contributed by atoms with van der Waals surface area (Å²) in [7, 11) is 1.63. The summed E-state index contributed by atoms with van der Waals surface area (Å²) in [4.78, 5) is 36.2. The van der Waals surface area contributed by atoms with Crippen LogP contribution in [-0.4, -0.2) is 53.4 Å². The van der Waals surface area contributed by atoms with Gasteiger partial charge in [-0.25, -0.2) is 4.98 Å². The molecule has 33 heavy (non-hydrogen) atoms. The molecule has 0 bridgehead atoms. The van der Waals surface area contributed by atoms with Crippen molar-refractivity contribution in [3.63, 3.8) is 0 Å². The molecule has 2 aliphatic rings. The highest BCUT2D eigenvalue weighted by Gasteiger charge is 2.31. The minimum Gasteiger partial charge on any atom is -0.497 e. The number of aromatic nitrogens is 2. The van der Waals surface area contributed by atoms with Gasteiger partial charge in [0.25, 0.3) is 0 Å². The van der Waals surface area contributed by atoms with Gasteiger partial charge in [-0.3, -0.25) is 14.5 Å². The van der Waals surface area contributed by atoms with Gasteiger partial charge in [0.05, 0.1) is 13.5 Å². The number of nitrogens with zero attached hydrogens (tertiary/aromatic N) is 3. The smallest absolute Gasteiger partial charge is 0.227 e. The molecule has 1 aliphatic heterocycles. The highest BCUT2D eigenvalue weighted by Crippen LogP contribution is 2.36. The Hall–Kier alpha value is -3.61. The molecule has 1 aliphatic carbocycles. The molecular weight excluding hydrogens is 416 g/mol. The maximum Gasteiger partial charge on any atom is 0.227 e. The molecule has 0 saturated heterocycles. The summed E-state index contributed by atoms with van der Waals surface area (Å²) in [5, 5.41) is 1.04. The highest BCUT2D eigenvalue weighted by molar-refractivity contribution is 5.94. The predicted molar refractivity (Wildman–Crippen MR) is 128 cm³/mol. The Balaban J connectivity index is 1.38. The molecule has 3 aromatic rings. The number of nitrogens with one attached hydrogen (secondary N) is 1. The molecule has 1 aromatic carbocycles. The first-order valence-electron chi connectivity index (χ1n) is 11.4. The van der Waals surface area contributed by atoms with Crippen molar-refractivity contribution in [2.24, 2.45) is 5.92 Å². The van der Waals surface area contributed by atoms with E-state index in [9.17, 15) is 9.59 Å². The minimum atomic E-state index is 0.116. The van der Waals surface area contributed by atoms with Crippen LogP contribution < -0.4 is 9.64 Å². The molecule has 5 rings (SSSR count). The number of carbonyl (C=O) groups excluding carboxylic acids is 2. The first-order chi connectivity index (χ1) is 16.1. The number of pyridine rings is 1. The van der Waals surface area contributed by atoms with Crippen LogP contribution >= 0.6 is 0 Å². The zero-order valence-electron chi connectivity index (χ0n) is 19.0. The molecule has 7 heteroatoms. The van der Waals surface area contributed by atoms with Crippen molar-refractivity contribution in [3.05, 3.63) is 59.8 Å². The molecule has 170 valence electrons. The van der Waals surface area contributed by atoms with E-state index in [1.165, 1.54) is 5.57 Å². The summed E-state index contributed by atoms with van der Waals surface area (Å²) in [5.41, 5.74) is 4.03. The van der Waals surface area contributed by atoms with E-state index in [0.717, 1.165) is 47.2 Å². The number of anilines is 1. The van der Waals surface area contributed by atoms with Crippen molar-refractivity contribution in [2.45, 2.75) is 32.2 Å². The SMILES string of the molecule is COc1ccc(CC(=O)N2CC=C(c3cc(N(C=O)C4CC4)nc4[nH]ccc34)C(C)C2)cc1. The monoisotopic (exact) mass is 444 g/mol. The van der Waals surface area contributed by atoms with Gasteiger partial charge in [-0.05, 0) is 59.7 Å². The Morgan fingerprint density at radius 3 is 2.73 bits per heavy atom. The predicted octanol–water partition coefficient (Wildman–Crippen LogP) is 3.80. The number of aromatic amines is 1. The van der Waals surface area contributed by atoms with Gasteiger partial charge in [-0.1, -0.05) is 25.1 Å². The van der Waals surface area contributed by atoms with Crippen molar-refractivity contribution in [1.29, 1.82) is 0 Å². The van der Waals surface area contributed by atoms with E-state index in [-0.39, 0.29) is 17.9 Å². The van der Waals surface area contributed by atoms with Crippen LogP contribution in [0.2, 0.25) is 0 Å². The van der Waals surface area contributed by atoms with Crippen molar-refractivity contribution < 1.29 is 14.3 Å². The molecule has 1 fully saturated rings. The summed E-state index contributed by atoms with van der Waals surface area (Å²) in [6.07, 6.45) is 7.32. The van der Waals surface area contributed by atoms with Gasteiger partial charge >= 0.3 is 0 Å². The lowest BCUT2D eigenvalue weighted by atomic mass is 9.89. The van der Waals surface area contributed by atoms with Crippen LogP contribution in [0.5, 0.6) is 5.75 Å². The van der Waals surface area contributed by atoms with Crippen LogP contribution in [0.15, 0.2) is 48.7 Å². The quantitative estimate of drug-likeness (QED) is 0.562. The van der Waals surface area contributed by atoms with Crippen LogP contribution in [0, 0.1) is 5.92 Å². The molecule has 1 N–H and O–H groups in total. The summed E-state index contributed by atoms with van der Waals surface area (Å²) in [6, 6.07) is 11.9. The van der Waals surface area contributed by atoms with Crippen molar-refractivity contribution in [1.82, 2.24) is 14.9 Å². The van der Waals surface area contributed by atoms with E-state index >= 15 is 0 Å². The van der Waals surface area contributed by atoms with Gasteiger partial charge in [0, 0.05) is 30.7 Å². The second kappa shape index (κ2) is 8.73. The first kappa shape index (κ1) is 21.2. The van der Waals surface area contributed by atoms with E-state index in [1.54, 1.807) is 12.0 Å². The van der Waals surface area contributed by atoms with Crippen LogP contribution in [-0.2, 0) is 16.0 Å². The third-order valence-electron chi connectivity index (χ3n) is 6.57. The Morgan fingerprint density at radius 2 is 2.06 bits per heavy atom. The topological polar surface area (TPSA) is 78.5 Å². The number of carbonyl (C=O) groups is 2. The summed E-state index contributed by atoms with van der Waals surface area (Å²) >= 11 is 0. The second-order valence-electron chi connectivity index (χ2n) is 8.90. The van der Waals surface area contributed by atoms with Gasteiger partial charge in [0.2, 0.25) is 12.3 Å². The second-order valence-corrected chi connectivity index (χ2v) is 8.90. The van der Waals surface area contributed by atoms with E-state index in [0.29, 0.717) is 25.3 Å². The molecule has 1 atom stereocenters. The number of fused-ring (bicyclic) bond motifs is 1. The van der Waals surface area contributed by atoms with Crippen LogP contribution in [0.4, 0.5) is 5.82 Å². The van der Waals surface area contributed by atoms with Crippen molar-refractivity contribution in [2.75, 3.05) is 25.1 Å². The van der Waals surface area contributed by atoms with Gasteiger partial charge in [0.15, 0.2) is 0 Å². The number of amides is 2. The summed E-state index contributed by atoms with van der Waals surface area (Å²) in [5.74, 6) is 1.75. The van der Waals surface area contributed by atoms with E-state index in [2.05, 4.69) is 23.0 Å². The standard InChI is InChI=1S/C26H28N4O3/c1-17-15-29(25(32)13-18-3-7-20(33-2)8-4-18)12-10-21(17)23-14-24(30(16-31)19-5-6-19)28-26-22(23)9-11-27-26/h3-4,7-11,14,16-17,19H,5-6,12-13,15H2,1-2H3,(H,27,28). The van der Waals surface area contributed by atoms with Gasteiger partial charge in [-0.15, -0.1) is 0 Å². The molecule has 1 saturated carbocycles. The third-order valence-corrected chi connectivity index (χ3v) is 6.57. The van der Waals surface area contributed by atoms with Crippen molar-refractivity contribution in [3.8, 4) is 5.75 Å². The van der Waals surface area contributed by atoms with Crippen LogP contribution in [0.1, 0.15) is 30.9 Å². The number of benzene rings is 1. The largest absolute Gasteiger partial charge is 0.497 e. The average Bonchev–Trinajstić information content (AvgIpc) is 3.55. The molecule has 7 nitrogen and oxygen atoms in total. The lowest BCUT2D eigenvalue weighted by Gasteiger charge is -2.32. The Morgan fingerprint density at radius 1 is 1.27 bits per heavy atom. The Bertz CT molecular complexity index is 1210. The molecule has 2 amide bonds. The number of H-pyrrole nitrogens is 1. The average molecular weight is 445 g/mol. The fourth-order valence-corrected chi connectivity index (χ4v) is 4.60. The van der Waals surface area contributed by atoms with E-state index < -0.39 is 0 Å². The molecular formula is C26H28N4O3. The van der Waals surface area contributed by atoms with Crippen molar-refractivity contribution >= 4 is 34.7 Å². The summed E-state index contributed by atoms with van der Waals surface area (Å²) in [6.45, 7) is 3.37. The minimum absolute atomic E-state index is 0.116. The molecule has 3 heterocycles. The zero-order valence-corrected chi connectivity index (χ0v) is 19.0. The Kier molecular flexibility index (Phi) is 5.62. The number of hydrogen-bond acceptors (Lipinski definition) is 4. The first-order valence-corrected chi connectivity index (χ1v) is 11.4. The van der Waals surface area contributed by atoms with Crippen LogP contribution in [0.3, 0.4) is 0 Å². The zero-order chi connectivity index (χ0) is 22.9. The number of ether oxygens (including phenoxy) is 1. The highest BCUT2D eigenvalue weighted by atomic mass is 16.5. The lowest BCUT2D eigenvalue weighted by molar-refractivity contribution is -0.130. The molecule has 1 unspecified atom stereocenters. The third kappa shape index (κ3) is 4.23. The number of rotatable bonds is 7. The normalized spacial score (nSPS) is 18.2. The number of hydrogen-bond donors (Lipinski definition) is 1. The summed E-state index contributed by atoms with van der Waals surface area (Å²) < 4.78 is 5.20. The fraction of sp³-hybridized carbons (Fsp3) is 0.346. The number of methoxy groups -OCH3 is 1. The van der Waals surface area contributed by atoms with Gasteiger partial charge in [0.1, 0.15) is 17.2 Å². The van der Waals surface area contributed by atoms with Gasteiger partial charge in [-0.2, -0.15) is 0 Å². The van der Waals surface area contributed by atoms with Crippen LogP contribution in [0.25, 0.3) is 16.6 Å².